The minimum Gasteiger partial charge on any atom is -0.494 e. The number of furan rings is 1. The fraction of sp³-hybridized carbons (Fsp3) is 0.176. The second kappa shape index (κ2) is 5.80. The summed E-state index contributed by atoms with van der Waals surface area (Å²) in [4.78, 5) is 0. The highest BCUT2D eigenvalue weighted by molar-refractivity contribution is 6.35. The number of rotatable bonds is 4. The molecule has 0 aliphatic heterocycles. The maximum atomic E-state index is 6.34. The molecule has 1 atom stereocenters. The van der Waals surface area contributed by atoms with E-state index in [1.807, 2.05) is 55.5 Å². The zero-order valence-corrected chi connectivity index (χ0v) is 12.4. The predicted octanol–water partition coefficient (Wildman–Crippen LogP) is 4.53. The van der Waals surface area contributed by atoms with Crippen LogP contribution in [0.3, 0.4) is 0 Å². The molecule has 1 heterocycles. The summed E-state index contributed by atoms with van der Waals surface area (Å²) in [6.45, 7) is 2.54. The van der Waals surface area contributed by atoms with Crippen molar-refractivity contribution in [2.45, 2.75) is 13.0 Å². The molecule has 2 N–H and O–H groups in total. The Morgan fingerprint density at radius 3 is 2.76 bits per heavy atom. The Labute approximate surface area is 128 Å². The Kier molecular flexibility index (Phi) is 3.86. The van der Waals surface area contributed by atoms with Gasteiger partial charge in [-0.25, -0.2) is 0 Å². The zero-order chi connectivity index (χ0) is 14.8. The van der Waals surface area contributed by atoms with Crippen molar-refractivity contribution in [3.8, 4) is 5.75 Å². The molecule has 0 fully saturated rings. The van der Waals surface area contributed by atoms with Gasteiger partial charge in [0.2, 0.25) is 0 Å². The van der Waals surface area contributed by atoms with Gasteiger partial charge in [0.15, 0.2) is 0 Å². The average Bonchev–Trinajstić information content (AvgIpc) is 2.93. The van der Waals surface area contributed by atoms with Crippen LogP contribution < -0.4 is 10.5 Å². The second-order valence-corrected chi connectivity index (χ2v) is 5.16. The molecular formula is C17H16ClNO2. The third kappa shape index (κ3) is 2.62. The standard InChI is InChI=1S/C17H16ClNO2/c1-2-20-14-8-4-3-6-11(14)17(19)16-10-12-13(18)7-5-9-15(12)21-16/h3-10,17H,2,19H2,1H3. The third-order valence-corrected chi connectivity index (χ3v) is 3.72. The van der Waals surface area contributed by atoms with Gasteiger partial charge in [0.25, 0.3) is 0 Å². The first-order valence-electron chi connectivity index (χ1n) is 6.86. The Morgan fingerprint density at radius 1 is 1.19 bits per heavy atom. The molecule has 3 nitrogen and oxygen atoms in total. The van der Waals surface area contributed by atoms with Gasteiger partial charge in [0.1, 0.15) is 17.1 Å². The van der Waals surface area contributed by atoms with Crippen LogP contribution in [0.25, 0.3) is 11.0 Å². The molecule has 0 saturated carbocycles. The molecule has 1 unspecified atom stereocenters. The average molecular weight is 302 g/mol. The van der Waals surface area contributed by atoms with Crippen LogP contribution in [-0.4, -0.2) is 6.61 Å². The van der Waals surface area contributed by atoms with E-state index < -0.39 is 6.04 Å². The molecule has 0 radical (unpaired) electrons. The minimum absolute atomic E-state index is 0.392. The van der Waals surface area contributed by atoms with Crippen molar-refractivity contribution < 1.29 is 9.15 Å². The SMILES string of the molecule is CCOc1ccccc1C(N)c1cc2c(Cl)cccc2o1. The molecule has 108 valence electrons. The van der Waals surface area contributed by atoms with Crippen LogP contribution in [0, 0.1) is 0 Å². The Balaban J connectivity index is 2.04. The topological polar surface area (TPSA) is 48.4 Å². The lowest BCUT2D eigenvalue weighted by atomic mass is 10.0. The van der Waals surface area contributed by atoms with E-state index in [1.165, 1.54) is 0 Å². The van der Waals surface area contributed by atoms with Crippen LogP contribution >= 0.6 is 11.6 Å². The molecule has 1 aromatic heterocycles. The summed E-state index contributed by atoms with van der Waals surface area (Å²) < 4.78 is 11.5. The Bertz CT molecular complexity index is 766. The lowest BCUT2D eigenvalue weighted by molar-refractivity contribution is 0.334. The van der Waals surface area contributed by atoms with E-state index >= 15 is 0 Å². The summed E-state index contributed by atoms with van der Waals surface area (Å²) in [5, 5.41) is 1.53. The smallest absolute Gasteiger partial charge is 0.135 e. The first kappa shape index (κ1) is 14.0. The van der Waals surface area contributed by atoms with Gasteiger partial charge in [0.05, 0.1) is 17.7 Å². The van der Waals surface area contributed by atoms with E-state index in [-0.39, 0.29) is 0 Å². The Hall–Kier alpha value is -1.97. The number of nitrogens with two attached hydrogens (primary N) is 1. The summed E-state index contributed by atoms with van der Waals surface area (Å²) in [6.07, 6.45) is 0. The molecule has 0 aliphatic rings. The zero-order valence-electron chi connectivity index (χ0n) is 11.7. The van der Waals surface area contributed by atoms with Crippen molar-refractivity contribution in [1.82, 2.24) is 0 Å². The van der Waals surface area contributed by atoms with Crippen LogP contribution in [0.1, 0.15) is 24.3 Å². The lowest BCUT2D eigenvalue weighted by Crippen LogP contribution is -2.12. The first-order valence-corrected chi connectivity index (χ1v) is 7.23. The van der Waals surface area contributed by atoms with Gasteiger partial charge < -0.3 is 14.9 Å². The monoisotopic (exact) mass is 301 g/mol. The quantitative estimate of drug-likeness (QED) is 0.770. The van der Waals surface area contributed by atoms with Crippen LogP contribution in [0.4, 0.5) is 0 Å². The summed E-state index contributed by atoms with van der Waals surface area (Å²) >= 11 is 6.18. The van der Waals surface area contributed by atoms with E-state index in [9.17, 15) is 0 Å². The summed E-state index contributed by atoms with van der Waals surface area (Å²) in [7, 11) is 0. The van der Waals surface area contributed by atoms with E-state index in [0.29, 0.717) is 17.4 Å². The van der Waals surface area contributed by atoms with Gasteiger partial charge in [-0.1, -0.05) is 35.9 Å². The highest BCUT2D eigenvalue weighted by Crippen LogP contribution is 2.33. The summed E-state index contributed by atoms with van der Waals surface area (Å²) in [5.41, 5.74) is 7.98. The molecule has 0 aliphatic carbocycles. The fourth-order valence-electron chi connectivity index (χ4n) is 2.38. The van der Waals surface area contributed by atoms with Gasteiger partial charge in [-0.15, -0.1) is 0 Å². The first-order chi connectivity index (χ1) is 10.2. The van der Waals surface area contributed by atoms with E-state index in [4.69, 9.17) is 26.5 Å². The number of hydrogen-bond donors (Lipinski definition) is 1. The number of benzene rings is 2. The molecule has 3 rings (SSSR count). The molecule has 21 heavy (non-hydrogen) atoms. The number of ether oxygens (including phenoxy) is 1. The largest absolute Gasteiger partial charge is 0.494 e. The van der Waals surface area contributed by atoms with Crippen molar-refractivity contribution in [1.29, 1.82) is 0 Å². The normalized spacial score (nSPS) is 12.5. The van der Waals surface area contributed by atoms with Crippen molar-refractivity contribution in [3.63, 3.8) is 0 Å². The predicted molar refractivity (Wildman–Crippen MR) is 84.9 cm³/mol. The molecule has 3 aromatic rings. The van der Waals surface area contributed by atoms with Crippen molar-refractivity contribution in [3.05, 3.63) is 64.9 Å². The van der Waals surface area contributed by atoms with Gasteiger partial charge in [-0.3, -0.25) is 0 Å². The summed E-state index contributed by atoms with van der Waals surface area (Å²) in [5.74, 6) is 1.45. The molecule has 0 saturated heterocycles. The fourth-order valence-corrected chi connectivity index (χ4v) is 2.60. The van der Waals surface area contributed by atoms with Crippen molar-refractivity contribution >= 4 is 22.6 Å². The van der Waals surface area contributed by atoms with Crippen LogP contribution in [-0.2, 0) is 0 Å². The van der Waals surface area contributed by atoms with Crippen molar-refractivity contribution in [2.75, 3.05) is 6.61 Å². The van der Waals surface area contributed by atoms with E-state index in [1.54, 1.807) is 0 Å². The number of para-hydroxylation sites is 1. The maximum Gasteiger partial charge on any atom is 0.135 e. The van der Waals surface area contributed by atoms with E-state index in [0.717, 1.165) is 22.3 Å². The molecule has 2 aromatic carbocycles. The highest BCUT2D eigenvalue weighted by atomic mass is 35.5. The second-order valence-electron chi connectivity index (χ2n) is 4.75. The van der Waals surface area contributed by atoms with E-state index in [2.05, 4.69) is 0 Å². The number of halogens is 1. The minimum atomic E-state index is -0.392. The summed E-state index contributed by atoms with van der Waals surface area (Å²) in [6, 6.07) is 14.8. The van der Waals surface area contributed by atoms with Crippen LogP contribution in [0.2, 0.25) is 5.02 Å². The number of hydrogen-bond acceptors (Lipinski definition) is 3. The lowest BCUT2D eigenvalue weighted by Gasteiger charge is -2.14. The van der Waals surface area contributed by atoms with Gasteiger partial charge in [-0.2, -0.15) is 0 Å². The molecule has 4 heteroatoms. The van der Waals surface area contributed by atoms with Crippen LogP contribution in [0.15, 0.2) is 52.9 Å². The molecular weight excluding hydrogens is 286 g/mol. The third-order valence-electron chi connectivity index (χ3n) is 3.39. The van der Waals surface area contributed by atoms with Crippen molar-refractivity contribution in [2.24, 2.45) is 5.73 Å². The Morgan fingerprint density at radius 2 is 2.00 bits per heavy atom. The number of fused-ring (bicyclic) bond motifs is 1. The molecule has 0 spiro atoms. The van der Waals surface area contributed by atoms with Gasteiger partial charge in [0, 0.05) is 10.9 Å². The maximum absolute atomic E-state index is 6.34. The molecule has 0 bridgehead atoms. The van der Waals surface area contributed by atoms with Gasteiger partial charge >= 0.3 is 0 Å². The molecule has 0 amide bonds. The van der Waals surface area contributed by atoms with Crippen LogP contribution in [0.5, 0.6) is 5.75 Å². The highest BCUT2D eigenvalue weighted by Gasteiger charge is 2.18. The van der Waals surface area contributed by atoms with Gasteiger partial charge in [-0.05, 0) is 31.2 Å².